The lowest BCUT2D eigenvalue weighted by Gasteiger charge is -2.19. The van der Waals surface area contributed by atoms with Gasteiger partial charge in [0, 0.05) is 36.2 Å². The molecule has 2 aromatic rings. The van der Waals surface area contributed by atoms with Crippen LogP contribution < -0.4 is 5.32 Å². The van der Waals surface area contributed by atoms with Crippen molar-refractivity contribution in [2.75, 3.05) is 26.2 Å². The maximum Gasteiger partial charge on any atom is 0.123 e. The van der Waals surface area contributed by atoms with Crippen molar-refractivity contribution in [3.8, 4) is 0 Å². The molecule has 1 aromatic heterocycles. The van der Waals surface area contributed by atoms with Crippen LogP contribution in [-0.2, 0) is 6.54 Å². The second kappa shape index (κ2) is 5.31. The molecule has 1 fully saturated rings. The first kappa shape index (κ1) is 12.6. The number of H-pyrrole nitrogens is 1. The second-order valence-corrected chi connectivity index (χ2v) is 5.30. The molecule has 1 aromatic carbocycles. The van der Waals surface area contributed by atoms with Crippen molar-refractivity contribution in [3.63, 3.8) is 0 Å². The number of nitrogens with one attached hydrogen (secondary N) is 2. The van der Waals surface area contributed by atoms with Crippen LogP contribution in [0.1, 0.15) is 17.7 Å². The molecule has 0 atom stereocenters. The Labute approximate surface area is 112 Å². The van der Waals surface area contributed by atoms with Crippen LogP contribution in [0.25, 0.3) is 10.9 Å². The summed E-state index contributed by atoms with van der Waals surface area (Å²) in [6.07, 6.45) is 1.18. The van der Waals surface area contributed by atoms with Gasteiger partial charge in [-0.3, -0.25) is 4.90 Å². The summed E-state index contributed by atoms with van der Waals surface area (Å²) >= 11 is 0. The van der Waals surface area contributed by atoms with Gasteiger partial charge in [-0.2, -0.15) is 0 Å². The van der Waals surface area contributed by atoms with E-state index in [4.69, 9.17) is 0 Å². The van der Waals surface area contributed by atoms with E-state index in [1.54, 1.807) is 6.07 Å². The Morgan fingerprint density at radius 3 is 3.05 bits per heavy atom. The number of rotatable bonds is 2. The van der Waals surface area contributed by atoms with E-state index in [9.17, 15) is 4.39 Å². The standard InChI is InChI=1S/C15H20FN3/c1-11-14(10-19-7-2-5-17-6-8-19)13-9-12(16)3-4-15(13)18-11/h3-4,9,17-18H,2,5-8,10H2,1H3. The highest BCUT2D eigenvalue weighted by Crippen LogP contribution is 2.24. The SMILES string of the molecule is Cc1[nH]c2ccc(F)cc2c1CN1CCCNCC1. The fourth-order valence-corrected chi connectivity index (χ4v) is 2.84. The molecule has 3 nitrogen and oxygen atoms in total. The molecule has 0 amide bonds. The maximum absolute atomic E-state index is 13.4. The van der Waals surface area contributed by atoms with Gasteiger partial charge in [0.25, 0.3) is 0 Å². The van der Waals surface area contributed by atoms with E-state index in [-0.39, 0.29) is 5.82 Å². The zero-order chi connectivity index (χ0) is 13.2. The third kappa shape index (κ3) is 2.65. The van der Waals surface area contributed by atoms with Gasteiger partial charge in [0.15, 0.2) is 0 Å². The molecule has 3 rings (SSSR count). The van der Waals surface area contributed by atoms with E-state index in [1.165, 1.54) is 18.1 Å². The Balaban J connectivity index is 1.90. The molecule has 0 radical (unpaired) electrons. The fourth-order valence-electron chi connectivity index (χ4n) is 2.84. The first-order valence-electron chi connectivity index (χ1n) is 6.94. The van der Waals surface area contributed by atoms with Crippen LogP contribution >= 0.6 is 0 Å². The molecule has 2 N–H and O–H groups in total. The topological polar surface area (TPSA) is 31.1 Å². The number of aromatic nitrogens is 1. The molecule has 0 aliphatic carbocycles. The van der Waals surface area contributed by atoms with Crippen LogP contribution in [0.3, 0.4) is 0 Å². The molecule has 19 heavy (non-hydrogen) atoms. The van der Waals surface area contributed by atoms with Crippen molar-refractivity contribution in [2.45, 2.75) is 19.9 Å². The molecule has 102 valence electrons. The van der Waals surface area contributed by atoms with Crippen LogP contribution in [0, 0.1) is 12.7 Å². The summed E-state index contributed by atoms with van der Waals surface area (Å²) in [7, 11) is 0. The van der Waals surface area contributed by atoms with Gasteiger partial charge >= 0.3 is 0 Å². The van der Waals surface area contributed by atoms with Gasteiger partial charge in [0.1, 0.15) is 5.82 Å². The lowest BCUT2D eigenvalue weighted by Crippen LogP contribution is -2.27. The average molecular weight is 261 g/mol. The highest BCUT2D eigenvalue weighted by molar-refractivity contribution is 5.84. The van der Waals surface area contributed by atoms with Crippen molar-refractivity contribution < 1.29 is 4.39 Å². The van der Waals surface area contributed by atoms with Crippen LogP contribution in [-0.4, -0.2) is 36.1 Å². The van der Waals surface area contributed by atoms with Gasteiger partial charge in [-0.15, -0.1) is 0 Å². The summed E-state index contributed by atoms with van der Waals surface area (Å²) in [6, 6.07) is 4.98. The number of halogens is 1. The predicted octanol–water partition coefficient (Wildman–Crippen LogP) is 2.41. The quantitative estimate of drug-likeness (QED) is 0.870. The molecule has 0 saturated carbocycles. The van der Waals surface area contributed by atoms with Crippen molar-refractivity contribution in [1.82, 2.24) is 15.2 Å². The van der Waals surface area contributed by atoms with Crippen LogP contribution in [0.5, 0.6) is 0 Å². The molecule has 0 unspecified atom stereocenters. The van der Waals surface area contributed by atoms with Crippen molar-refractivity contribution >= 4 is 10.9 Å². The third-order valence-electron chi connectivity index (χ3n) is 3.90. The summed E-state index contributed by atoms with van der Waals surface area (Å²) in [5, 5.41) is 4.43. The summed E-state index contributed by atoms with van der Waals surface area (Å²) in [6.45, 7) is 7.27. The highest BCUT2D eigenvalue weighted by Gasteiger charge is 2.14. The lowest BCUT2D eigenvalue weighted by atomic mass is 10.1. The molecule has 1 saturated heterocycles. The average Bonchev–Trinajstić information content (AvgIpc) is 2.58. The number of nitrogens with zero attached hydrogens (tertiary/aromatic N) is 1. The Hall–Kier alpha value is -1.39. The molecule has 0 bridgehead atoms. The van der Waals surface area contributed by atoms with E-state index in [0.717, 1.165) is 49.3 Å². The Kier molecular flexibility index (Phi) is 3.53. The molecular formula is C15H20FN3. The Morgan fingerprint density at radius 1 is 1.26 bits per heavy atom. The fraction of sp³-hybridized carbons (Fsp3) is 0.467. The van der Waals surface area contributed by atoms with E-state index in [2.05, 4.69) is 22.1 Å². The van der Waals surface area contributed by atoms with E-state index in [1.807, 2.05) is 6.07 Å². The molecule has 1 aliphatic heterocycles. The van der Waals surface area contributed by atoms with Gasteiger partial charge in [-0.05, 0) is 50.2 Å². The van der Waals surface area contributed by atoms with Crippen molar-refractivity contribution in [3.05, 3.63) is 35.3 Å². The van der Waals surface area contributed by atoms with Gasteiger partial charge in [-0.25, -0.2) is 4.39 Å². The summed E-state index contributed by atoms with van der Waals surface area (Å²) < 4.78 is 13.4. The summed E-state index contributed by atoms with van der Waals surface area (Å²) in [5.74, 6) is -0.162. The third-order valence-corrected chi connectivity index (χ3v) is 3.90. The summed E-state index contributed by atoms with van der Waals surface area (Å²) in [4.78, 5) is 5.80. The largest absolute Gasteiger partial charge is 0.358 e. The van der Waals surface area contributed by atoms with E-state index < -0.39 is 0 Å². The summed E-state index contributed by atoms with van der Waals surface area (Å²) in [5.41, 5.74) is 3.41. The van der Waals surface area contributed by atoms with E-state index in [0.29, 0.717) is 0 Å². The van der Waals surface area contributed by atoms with Gasteiger partial charge in [0.05, 0.1) is 0 Å². The van der Waals surface area contributed by atoms with Gasteiger partial charge in [-0.1, -0.05) is 0 Å². The predicted molar refractivity (Wildman–Crippen MR) is 75.8 cm³/mol. The number of benzene rings is 1. The van der Waals surface area contributed by atoms with E-state index >= 15 is 0 Å². The van der Waals surface area contributed by atoms with Gasteiger partial charge < -0.3 is 10.3 Å². The first-order chi connectivity index (χ1) is 9.24. The van der Waals surface area contributed by atoms with Crippen LogP contribution in [0.15, 0.2) is 18.2 Å². The molecular weight excluding hydrogens is 241 g/mol. The second-order valence-electron chi connectivity index (χ2n) is 5.30. The molecule has 4 heteroatoms. The first-order valence-corrected chi connectivity index (χ1v) is 6.94. The minimum absolute atomic E-state index is 0.162. The van der Waals surface area contributed by atoms with Crippen molar-refractivity contribution in [2.24, 2.45) is 0 Å². The zero-order valence-electron chi connectivity index (χ0n) is 11.3. The van der Waals surface area contributed by atoms with Gasteiger partial charge in [0.2, 0.25) is 0 Å². The molecule has 1 aliphatic rings. The normalized spacial score (nSPS) is 17.8. The molecule has 2 heterocycles. The lowest BCUT2D eigenvalue weighted by molar-refractivity contribution is 0.285. The monoisotopic (exact) mass is 261 g/mol. The number of aromatic amines is 1. The Morgan fingerprint density at radius 2 is 2.16 bits per heavy atom. The maximum atomic E-state index is 13.4. The van der Waals surface area contributed by atoms with Crippen LogP contribution in [0.4, 0.5) is 4.39 Å². The minimum atomic E-state index is -0.162. The van der Waals surface area contributed by atoms with Crippen molar-refractivity contribution in [1.29, 1.82) is 0 Å². The molecule has 0 spiro atoms. The zero-order valence-corrected chi connectivity index (χ0v) is 11.3. The number of fused-ring (bicyclic) bond motifs is 1. The van der Waals surface area contributed by atoms with Crippen LogP contribution in [0.2, 0.25) is 0 Å². The Bertz CT molecular complexity index is 568. The number of hydrogen-bond acceptors (Lipinski definition) is 2. The highest BCUT2D eigenvalue weighted by atomic mass is 19.1. The number of aryl methyl sites for hydroxylation is 1. The minimum Gasteiger partial charge on any atom is -0.358 e. The smallest absolute Gasteiger partial charge is 0.123 e. The number of hydrogen-bond donors (Lipinski definition) is 2.